The van der Waals surface area contributed by atoms with Crippen LogP contribution in [0.4, 0.5) is 30.4 Å². The Morgan fingerprint density at radius 3 is 2.17 bits per heavy atom. The number of anilines is 3. The molecule has 0 radical (unpaired) electrons. The van der Waals surface area contributed by atoms with Crippen LogP contribution in [-0.4, -0.2) is 44.7 Å². The number of amides is 1. The average Bonchev–Trinajstić information content (AvgIpc) is 3.68. The van der Waals surface area contributed by atoms with Crippen LogP contribution in [0.15, 0.2) is 146 Å². The van der Waals surface area contributed by atoms with E-state index in [1.807, 2.05) is 91.9 Å². The monoisotopic (exact) mass is 883 g/mol. The summed E-state index contributed by atoms with van der Waals surface area (Å²) >= 11 is 6.14. The third-order valence-corrected chi connectivity index (χ3v) is 11.2. The number of para-hydroxylation sites is 1. The molecule has 5 aromatic carbocycles. The van der Waals surface area contributed by atoms with E-state index in [0.29, 0.717) is 29.3 Å². The van der Waals surface area contributed by atoms with Gasteiger partial charge in [-0.1, -0.05) is 72.6 Å². The molecule has 3 aromatic heterocycles. The van der Waals surface area contributed by atoms with Crippen LogP contribution in [-0.2, 0) is 13.0 Å². The highest BCUT2D eigenvalue weighted by molar-refractivity contribution is 6.30. The largest absolute Gasteiger partial charge is 0.573 e. The van der Waals surface area contributed by atoms with E-state index in [4.69, 9.17) is 16.3 Å². The van der Waals surface area contributed by atoms with Gasteiger partial charge in [0.25, 0.3) is 5.91 Å². The summed E-state index contributed by atoms with van der Waals surface area (Å²) in [5, 5.41) is 7.86. The summed E-state index contributed by atoms with van der Waals surface area (Å²) in [7, 11) is 0. The number of imidazole rings is 1. The molecule has 0 spiro atoms. The van der Waals surface area contributed by atoms with Crippen molar-refractivity contribution < 1.29 is 27.4 Å². The van der Waals surface area contributed by atoms with Crippen molar-refractivity contribution in [3.05, 3.63) is 179 Å². The van der Waals surface area contributed by atoms with Crippen molar-refractivity contribution in [1.29, 1.82) is 0 Å². The Morgan fingerprint density at radius 2 is 1.48 bits per heavy atom. The summed E-state index contributed by atoms with van der Waals surface area (Å²) in [6.07, 6.45) is 1.02. The smallest absolute Gasteiger partial charge is 0.457 e. The molecule has 0 saturated carbocycles. The van der Waals surface area contributed by atoms with Gasteiger partial charge in [-0.15, -0.1) is 13.2 Å². The van der Waals surface area contributed by atoms with Gasteiger partial charge in [0.1, 0.15) is 40.7 Å². The number of nitrogens with zero attached hydrogens (tertiary/aromatic N) is 5. The number of ether oxygens (including phenoxy) is 2. The topological polar surface area (TPSA) is 106 Å². The summed E-state index contributed by atoms with van der Waals surface area (Å²) in [5.41, 5.74) is 8.08. The minimum Gasteiger partial charge on any atom is -0.457 e. The Kier molecular flexibility index (Phi) is 13.3. The van der Waals surface area contributed by atoms with E-state index in [1.165, 1.54) is 17.7 Å². The molecule has 10 nitrogen and oxygen atoms in total. The van der Waals surface area contributed by atoms with E-state index < -0.39 is 6.36 Å². The number of alkyl halides is 3. The molecule has 0 atom stereocenters. The second-order valence-electron chi connectivity index (χ2n) is 15.4. The molecular formula is C50H45ClF3N7O3. The van der Waals surface area contributed by atoms with Crippen LogP contribution in [0.1, 0.15) is 58.6 Å². The van der Waals surface area contributed by atoms with Crippen molar-refractivity contribution in [2.24, 2.45) is 0 Å². The van der Waals surface area contributed by atoms with Gasteiger partial charge in [0.05, 0.1) is 16.2 Å². The second kappa shape index (κ2) is 19.5. The average molecular weight is 884 g/mol. The van der Waals surface area contributed by atoms with Gasteiger partial charge in [-0.2, -0.15) is 0 Å². The summed E-state index contributed by atoms with van der Waals surface area (Å²) in [5.74, 6) is 2.30. The number of rotatable bonds is 11. The van der Waals surface area contributed by atoms with Crippen LogP contribution in [0.5, 0.6) is 17.2 Å². The number of pyridine rings is 1. The molecule has 1 amide bonds. The lowest BCUT2D eigenvalue weighted by molar-refractivity contribution is -0.274. The van der Waals surface area contributed by atoms with Gasteiger partial charge >= 0.3 is 6.36 Å². The van der Waals surface area contributed by atoms with Crippen molar-refractivity contribution >= 4 is 51.3 Å². The first-order valence-electron chi connectivity index (χ1n) is 20.9. The van der Waals surface area contributed by atoms with Crippen LogP contribution in [0.2, 0.25) is 5.02 Å². The lowest BCUT2D eigenvalue weighted by Gasteiger charge is -2.34. The van der Waals surface area contributed by atoms with Crippen LogP contribution < -0.4 is 25.0 Å². The summed E-state index contributed by atoms with van der Waals surface area (Å²) in [4.78, 5) is 28.5. The van der Waals surface area contributed by atoms with Gasteiger partial charge < -0.3 is 25.0 Å². The number of aromatic nitrogens is 4. The number of hydrogen-bond acceptors (Lipinski definition) is 8. The third kappa shape index (κ3) is 10.9. The molecule has 0 unspecified atom stereocenters. The van der Waals surface area contributed by atoms with E-state index in [9.17, 15) is 18.0 Å². The molecule has 2 N–H and O–H groups in total. The zero-order valence-corrected chi connectivity index (χ0v) is 35.9. The maximum Gasteiger partial charge on any atom is 0.573 e. The molecule has 0 aliphatic carbocycles. The SMILES string of the molecule is CCc1nc2ccc(Cl)cn2c1C(=O)NCc1ccc(N2CCC(c3ccc(OC(F)(F)F)cc3)CC2)cc1.Cc1ccc(Oc2ccc(Nc3ncnc4ccccc34)cc2)cc1. The lowest BCUT2D eigenvalue weighted by atomic mass is 9.89. The maximum absolute atomic E-state index is 13.0. The van der Waals surface area contributed by atoms with E-state index in [1.54, 1.807) is 41.2 Å². The van der Waals surface area contributed by atoms with E-state index in [2.05, 4.69) is 54.3 Å². The molecule has 1 fully saturated rings. The van der Waals surface area contributed by atoms with Crippen LogP contribution in [0, 0.1) is 6.92 Å². The van der Waals surface area contributed by atoms with Crippen LogP contribution in [0.3, 0.4) is 0 Å². The second-order valence-corrected chi connectivity index (χ2v) is 15.8. The normalized spacial score (nSPS) is 13.0. The number of carbonyl (C=O) groups excluding carboxylic acids is 1. The number of halogens is 4. The Labute approximate surface area is 373 Å². The number of fused-ring (bicyclic) bond motifs is 2. The van der Waals surface area contributed by atoms with Crippen LogP contribution >= 0.6 is 11.6 Å². The Morgan fingerprint density at radius 1 is 0.812 bits per heavy atom. The fraction of sp³-hybridized carbons (Fsp3) is 0.200. The van der Waals surface area contributed by atoms with Crippen molar-refractivity contribution in [3.63, 3.8) is 0 Å². The summed E-state index contributed by atoms with van der Waals surface area (Å²) in [6.45, 7) is 6.09. The fourth-order valence-corrected chi connectivity index (χ4v) is 7.81. The molecule has 8 aromatic rings. The molecule has 326 valence electrons. The fourth-order valence-electron chi connectivity index (χ4n) is 7.65. The van der Waals surface area contributed by atoms with Crippen molar-refractivity contribution in [2.45, 2.75) is 51.9 Å². The number of piperidine rings is 1. The summed E-state index contributed by atoms with van der Waals surface area (Å²) in [6, 6.07) is 41.6. The van der Waals surface area contributed by atoms with Gasteiger partial charge in [0, 0.05) is 42.6 Å². The Hall–Kier alpha value is -7.12. The van der Waals surface area contributed by atoms with Crippen molar-refractivity contribution in [2.75, 3.05) is 23.3 Å². The Balaban J connectivity index is 0.000000192. The quantitative estimate of drug-likeness (QED) is 0.132. The van der Waals surface area contributed by atoms with Crippen molar-refractivity contribution in [1.82, 2.24) is 24.7 Å². The van der Waals surface area contributed by atoms with Gasteiger partial charge in [-0.25, -0.2) is 15.0 Å². The molecule has 14 heteroatoms. The predicted molar refractivity (Wildman–Crippen MR) is 245 cm³/mol. The zero-order valence-electron chi connectivity index (χ0n) is 35.1. The van der Waals surface area contributed by atoms with Gasteiger partial charge in [-0.3, -0.25) is 9.20 Å². The van der Waals surface area contributed by atoms with Gasteiger partial charge in [-0.05, 0) is 128 Å². The van der Waals surface area contributed by atoms with Crippen LogP contribution in [0.25, 0.3) is 16.6 Å². The lowest BCUT2D eigenvalue weighted by Crippen LogP contribution is -2.32. The molecule has 64 heavy (non-hydrogen) atoms. The minimum atomic E-state index is -4.68. The van der Waals surface area contributed by atoms with Gasteiger partial charge in [0.15, 0.2) is 0 Å². The summed E-state index contributed by atoms with van der Waals surface area (Å²) < 4.78 is 48.8. The highest BCUT2D eigenvalue weighted by atomic mass is 35.5. The molecule has 1 aliphatic heterocycles. The highest BCUT2D eigenvalue weighted by Crippen LogP contribution is 2.33. The predicted octanol–water partition coefficient (Wildman–Crippen LogP) is 12.2. The maximum atomic E-state index is 13.0. The molecule has 9 rings (SSSR count). The minimum absolute atomic E-state index is 0.200. The van der Waals surface area contributed by atoms with E-state index in [-0.39, 0.29) is 17.6 Å². The van der Waals surface area contributed by atoms with Crippen molar-refractivity contribution in [3.8, 4) is 17.2 Å². The first-order valence-corrected chi connectivity index (χ1v) is 21.3. The molecule has 1 saturated heterocycles. The standard InChI is InChI=1S/C29H28ClF3N4O2.C21H17N3O/c1-2-25-27(37-18-22(30)7-12-26(37)35-25)28(38)34-17-19-3-8-23(9-4-19)36-15-13-21(14-16-36)20-5-10-24(11-6-20)39-29(31,32)33;1-15-6-10-17(11-7-15)25-18-12-8-16(9-13-18)24-21-19-4-2-3-5-20(19)22-14-23-21/h3-12,18,21H,2,13-17H2,1H3,(H,34,38);2-14H,1H3,(H,22,23,24). The molecular weight excluding hydrogens is 839 g/mol. The molecule has 4 heterocycles. The number of benzene rings is 5. The first-order chi connectivity index (χ1) is 31.0. The number of aryl methyl sites for hydroxylation is 2. The molecule has 0 bridgehead atoms. The molecule has 1 aliphatic rings. The number of carbonyl (C=O) groups is 1. The third-order valence-electron chi connectivity index (χ3n) is 11.0. The highest BCUT2D eigenvalue weighted by Gasteiger charge is 2.31. The zero-order chi connectivity index (χ0) is 44.6. The Bertz CT molecular complexity index is 2820. The van der Waals surface area contributed by atoms with E-state index >= 15 is 0 Å². The van der Waals surface area contributed by atoms with Gasteiger partial charge in [0.2, 0.25) is 0 Å². The number of hydrogen-bond donors (Lipinski definition) is 2. The number of nitrogens with one attached hydrogen (secondary N) is 2. The van der Waals surface area contributed by atoms with E-state index in [0.717, 1.165) is 82.3 Å². The first kappa shape index (κ1) is 43.5.